The van der Waals surface area contributed by atoms with Crippen LogP contribution in [0.3, 0.4) is 0 Å². The van der Waals surface area contributed by atoms with E-state index < -0.39 is 0 Å². The van der Waals surface area contributed by atoms with E-state index in [2.05, 4.69) is 4.98 Å². The Kier molecular flexibility index (Phi) is 2.09. The second kappa shape index (κ2) is 2.86. The molecule has 4 heteroatoms. The minimum absolute atomic E-state index is 0.366. The molecule has 54 valence electrons. The van der Waals surface area contributed by atoms with E-state index in [1.54, 1.807) is 12.1 Å². The third-order valence-corrected chi connectivity index (χ3v) is 1.27. The van der Waals surface area contributed by atoms with Gasteiger partial charge in [-0.25, -0.2) is 4.98 Å². The van der Waals surface area contributed by atoms with Gasteiger partial charge in [0.1, 0.15) is 5.15 Å². The summed E-state index contributed by atoms with van der Waals surface area (Å²) >= 11 is 5.58. The zero-order valence-corrected chi connectivity index (χ0v) is 6.10. The Balaban J connectivity index is 3.06. The smallest absolute Gasteiger partial charge is 0.131 e. The summed E-state index contributed by atoms with van der Waals surface area (Å²) in [6, 6.07) is 3.28. The maximum atomic E-state index is 5.58. The second-order valence-corrected chi connectivity index (χ2v) is 2.31. The first-order valence-electron chi connectivity index (χ1n) is 2.84. The number of pyridine rings is 1. The van der Waals surface area contributed by atoms with Crippen molar-refractivity contribution in [3.8, 4) is 0 Å². The predicted octanol–water partition coefficient (Wildman–Crippen LogP) is 0.776. The molecule has 0 aliphatic rings. The van der Waals surface area contributed by atoms with Crippen molar-refractivity contribution in [3.63, 3.8) is 0 Å². The van der Waals surface area contributed by atoms with E-state index in [0.717, 1.165) is 0 Å². The van der Waals surface area contributed by atoms with Crippen molar-refractivity contribution in [1.82, 2.24) is 4.98 Å². The van der Waals surface area contributed by atoms with E-state index in [1.165, 1.54) is 0 Å². The van der Waals surface area contributed by atoms with Crippen molar-refractivity contribution < 1.29 is 0 Å². The summed E-state index contributed by atoms with van der Waals surface area (Å²) in [4.78, 5) is 3.91. The standard InChI is InChI=1S/C6H8ClN3/c7-6-2-4(9)1-5(3-8)10-6/h1-2H,3,8H2,(H2,9,10). The maximum absolute atomic E-state index is 5.58. The summed E-state index contributed by atoms with van der Waals surface area (Å²) in [7, 11) is 0. The molecule has 0 saturated heterocycles. The molecule has 0 atom stereocenters. The molecule has 1 aromatic rings. The van der Waals surface area contributed by atoms with Gasteiger partial charge >= 0.3 is 0 Å². The van der Waals surface area contributed by atoms with Crippen LogP contribution in [0.25, 0.3) is 0 Å². The van der Waals surface area contributed by atoms with E-state index in [0.29, 0.717) is 23.1 Å². The van der Waals surface area contributed by atoms with Crippen LogP contribution in [0.5, 0.6) is 0 Å². The summed E-state index contributed by atoms with van der Waals surface area (Å²) in [5, 5.41) is 0.389. The van der Waals surface area contributed by atoms with E-state index in [-0.39, 0.29) is 0 Å². The summed E-state index contributed by atoms with van der Waals surface area (Å²) in [6.45, 7) is 0.366. The predicted molar refractivity (Wildman–Crippen MR) is 41.6 cm³/mol. The zero-order valence-electron chi connectivity index (χ0n) is 5.34. The first-order chi connectivity index (χ1) is 4.72. The molecule has 0 radical (unpaired) electrons. The third-order valence-electron chi connectivity index (χ3n) is 1.08. The van der Waals surface area contributed by atoms with Gasteiger partial charge in [0, 0.05) is 12.2 Å². The average Bonchev–Trinajstić information content (AvgIpc) is 1.85. The topological polar surface area (TPSA) is 64.9 Å². The highest BCUT2D eigenvalue weighted by Gasteiger charge is 1.95. The number of hydrogen-bond donors (Lipinski definition) is 2. The zero-order chi connectivity index (χ0) is 7.56. The molecular formula is C6H8ClN3. The number of aromatic nitrogens is 1. The van der Waals surface area contributed by atoms with Crippen molar-refractivity contribution >= 4 is 17.3 Å². The number of hydrogen-bond acceptors (Lipinski definition) is 3. The van der Waals surface area contributed by atoms with E-state index >= 15 is 0 Å². The lowest BCUT2D eigenvalue weighted by Gasteiger charge is -1.97. The summed E-state index contributed by atoms with van der Waals surface area (Å²) in [5.74, 6) is 0. The fourth-order valence-corrected chi connectivity index (χ4v) is 0.912. The van der Waals surface area contributed by atoms with Gasteiger partial charge in [0.05, 0.1) is 5.69 Å². The molecule has 0 spiro atoms. The molecule has 0 aliphatic carbocycles. The number of anilines is 1. The van der Waals surface area contributed by atoms with Gasteiger partial charge < -0.3 is 11.5 Å². The molecule has 0 bridgehead atoms. The van der Waals surface area contributed by atoms with Crippen LogP contribution < -0.4 is 11.5 Å². The molecular weight excluding hydrogens is 150 g/mol. The van der Waals surface area contributed by atoms with Crippen LogP contribution in [-0.4, -0.2) is 4.98 Å². The van der Waals surface area contributed by atoms with Crippen LogP contribution in [0.2, 0.25) is 5.15 Å². The highest BCUT2D eigenvalue weighted by molar-refractivity contribution is 6.29. The van der Waals surface area contributed by atoms with Crippen LogP contribution >= 0.6 is 11.6 Å². The number of nitrogens with two attached hydrogens (primary N) is 2. The second-order valence-electron chi connectivity index (χ2n) is 1.92. The van der Waals surface area contributed by atoms with Gasteiger partial charge in [-0.1, -0.05) is 11.6 Å². The van der Waals surface area contributed by atoms with Crippen molar-refractivity contribution in [1.29, 1.82) is 0 Å². The van der Waals surface area contributed by atoms with E-state index in [4.69, 9.17) is 23.1 Å². The minimum Gasteiger partial charge on any atom is -0.399 e. The number of rotatable bonds is 1. The van der Waals surface area contributed by atoms with Crippen LogP contribution in [0.1, 0.15) is 5.69 Å². The highest BCUT2D eigenvalue weighted by atomic mass is 35.5. The van der Waals surface area contributed by atoms with Gasteiger partial charge in [0.2, 0.25) is 0 Å². The van der Waals surface area contributed by atoms with Gasteiger partial charge in [-0.05, 0) is 12.1 Å². The summed E-state index contributed by atoms with van der Waals surface area (Å²) < 4.78 is 0. The Morgan fingerprint density at radius 3 is 2.70 bits per heavy atom. The fraction of sp³-hybridized carbons (Fsp3) is 0.167. The van der Waals surface area contributed by atoms with Gasteiger partial charge in [0.15, 0.2) is 0 Å². The van der Waals surface area contributed by atoms with Crippen molar-refractivity contribution in [2.24, 2.45) is 5.73 Å². The SMILES string of the molecule is NCc1cc(N)cc(Cl)n1. The molecule has 0 saturated carbocycles. The Hall–Kier alpha value is -0.800. The Labute approximate surface area is 64.0 Å². The first kappa shape index (κ1) is 7.31. The molecule has 1 heterocycles. The number of halogens is 1. The van der Waals surface area contributed by atoms with Gasteiger partial charge in [-0.15, -0.1) is 0 Å². The molecule has 3 nitrogen and oxygen atoms in total. The Morgan fingerprint density at radius 2 is 2.20 bits per heavy atom. The number of nitrogens with zero attached hydrogens (tertiary/aromatic N) is 1. The lowest BCUT2D eigenvalue weighted by Crippen LogP contribution is -2.00. The third kappa shape index (κ3) is 1.59. The fourth-order valence-electron chi connectivity index (χ4n) is 0.678. The molecule has 0 amide bonds. The average molecular weight is 158 g/mol. The summed E-state index contributed by atoms with van der Waals surface area (Å²) in [6.07, 6.45) is 0. The monoisotopic (exact) mass is 157 g/mol. The maximum Gasteiger partial charge on any atom is 0.131 e. The Bertz CT molecular complexity index is 216. The molecule has 1 aromatic heterocycles. The normalized spacial score (nSPS) is 9.80. The lowest BCUT2D eigenvalue weighted by atomic mass is 10.3. The van der Waals surface area contributed by atoms with E-state index in [1.807, 2.05) is 0 Å². The van der Waals surface area contributed by atoms with Crippen molar-refractivity contribution in [2.75, 3.05) is 5.73 Å². The quantitative estimate of drug-likeness (QED) is 0.592. The molecule has 1 rings (SSSR count). The van der Waals surface area contributed by atoms with Gasteiger partial charge in [0.25, 0.3) is 0 Å². The molecule has 0 aromatic carbocycles. The number of nitrogen functional groups attached to an aromatic ring is 1. The van der Waals surface area contributed by atoms with Crippen molar-refractivity contribution in [3.05, 3.63) is 23.0 Å². The van der Waals surface area contributed by atoms with E-state index in [9.17, 15) is 0 Å². The summed E-state index contributed by atoms with van der Waals surface area (Å²) in [5.41, 5.74) is 12.1. The largest absolute Gasteiger partial charge is 0.399 e. The Morgan fingerprint density at radius 1 is 1.50 bits per heavy atom. The van der Waals surface area contributed by atoms with Crippen LogP contribution in [-0.2, 0) is 6.54 Å². The van der Waals surface area contributed by atoms with Gasteiger partial charge in [-0.3, -0.25) is 0 Å². The van der Waals surface area contributed by atoms with Crippen LogP contribution in [0.4, 0.5) is 5.69 Å². The molecule has 10 heavy (non-hydrogen) atoms. The minimum atomic E-state index is 0.366. The highest BCUT2D eigenvalue weighted by Crippen LogP contribution is 2.11. The van der Waals surface area contributed by atoms with Crippen LogP contribution in [0, 0.1) is 0 Å². The molecule has 0 fully saturated rings. The first-order valence-corrected chi connectivity index (χ1v) is 3.22. The van der Waals surface area contributed by atoms with Crippen LogP contribution in [0.15, 0.2) is 12.1 Å². The lowest BCUT2D eigenvalue weighted by molar-refractivity contribution is 0.992. The molecule has 0 unspecified atom stereocenters. The molecule has 4 N–H and O–H groups in total. The molecule has 0 aliphatic heterocycles. The van der Waals surface area contributed by atoms with Crippen molar-refractivity contribution in [2.45, 2.75) is 6.54 Å². The van der Waals surface area contributed by atoms with Gasteiger partial charge in [-0.2, -0.15) is 0 Å².